The molecule has 1 aliphatic carbocycles. The highest BCUT2D eigenvalue weighted by molar-refractivity contribution is 6.22. The maximum Gasteiger partial charge on any atom is 0.118 e. The van der Waals surface area contributed by atoms with Gasteiger partial charge < -0.3 is 0 Å². The van der Waals surface area contributed by atoms with Gasteiger partial charge in [0.25, 0.3) is 0 Å². The molecule has 0 spiro atoms. The maximum atomic E-state index is 13.1. The van der Waals surface area contributed by atoms with Crippen molar-refractivity contribution in [1.29, 1.82) is 0 Å². The Morgan fingerprint density at radius 1 is 1.67 bits per heavy atom. The number of halogens is 2. The van der Waals surface area contributed by atoms with Gasteiger partial charge in [-0.15, -0.1) is 11.6 Å². The van der Waals surface area contributed by atoms with Gasteiger partial charge in [-0.25, -0.2) is 4.39 Å². The monoisotopic (exact) mass is 188 g/mol. The molecule has 0 nitrogen and oxygen atoms in total. The first-order chi connectivity index (χ1) is 5.74. The van der Waals surface area contributed by atoms with Crippen molar-refractivity contribution in [3.05, 3.63) is 23.6 Å². The lowest BCUT2D eigenvalue weighted by Crippen LogP contribution is -1.96. The lowest BCUT2D eigenvalue weighted by atomic mass is 10.1. The Kier molecular flexibility index (Phi) is 3.80. The molecule has 0 amide bonds. The minimum Gasteiger partial charge on any atom is -0.210 e. The number of hydrogen-bond acceptors (Lipinski definition) is 0. The van der Waals surface area contributed by atoms with Crippen LogP contribution in [0, 0.1) is 0 Å². The zero-order chi connectivity index (χ0) is 8.97. The van der Waals surface area contributed by atoms with Crippen LogP contribution >= 0.6 is 11.6 Å². The summed E-state index contributed by atoms with van der Waals surface area (Å²) in [6.07, 6.45) is 7.31. The third-order valence-electron chi connectivity index (χ3n) is 1.99. The fraction of sp³-hybridized carbons (Fsp3) is 0.600. The summed E-state index contributed by atoms with van der Waals surface area (Å²) in [7, 11) is 0. The quantitative estimate of drug-likeness (QED) is 0.576. The van der Waals surface area contributed by atoms with E-state index in [2.05, 4.69) is 13.0 Å². The second kappa shape index (κ2) is 4.66. The van der Waals surface area contributed by atoms with E-state index in [-0.39, 0.29) is 5.83 Å². The molecule has 0 aliphatic heterocycles. The smallest absolute Gasteiger partial charge is 0.118 e. The van der Waals surface area contributed by atoms with Gasteiger partial charge in [-0.2, -0.15) is 0 Å². The van der Waals surface area contributed by atoms with Gasteiger partial charge in [-0.05, 0) is 30.9 Å². The van der Waals surface area contributed by atoms with Crippen LogP contribution in [0.4, 0.5) is 4.39 Å². The summed E-state index contributed by atoms with van der Waals surface area (Å²) in [5, 5.41) is -0.407. The second-order valence-corrected chi connectivity index (χ2v) is 3.63. The van der Waals surface area contributed by atoms with Crippen molar-refractivity contribution in [2.75, 3.05) is 0 Å². The van der Waals surface area contributed by atoms with E-state index in [0.717, 1.165) is 31.3 Å². The summed E-state index contributed by atoms with van der Waals surface area (Å²) >= 11 is 5.76. The Hall–Kier alpha value is -0.300. The predicted molar refractivity (Wildman–Crippen MR) is 51.1 cm³/mol. The van der Waals surface area contributed by atoms with Crippen LogP contribution in [0.2, 0.25) is 0 Å². The molecule has 1 aliphatic rings. The third kappa shape index (κ3) is 2.63. The zero-order valence-electron chi connectivity index (χ0n) is 7.32. The number of rotatable bonds is 2. The van der Waals surface area contributed by atoms with Crippen LogP contribution in [0.3, 0.4) is 0 Å². The molecule has 0 aromatic heterocycles. The van der Waals surface area contributed by atoms with Crippen molar-refractivity contribution in [2.24, 2.45) is 0 Å². The molecule has 0 aromatic rings. The SMILES string of the molecule is CCCC1=CCCC(Cl)C(F)=C1. The van der Waals surface area contributed by atoms with Crippen LogP contribution in [-0.2, 0) is 0 Å². The minimum absolute atomic E-state index is 0.172. The lowest BCUT2D eigenvalue weighted by molar-refractivity contribution is 0.583. The Bertz CT molecular complexity index is 206. The zero-order valence-corrected chi connectivity index (χ0v) is 8.07. The highest BCUT2D eigenvalue weighted by Gasteiger charge is 2.13. The highest BCUT2D eigenvalue weighted by atomic mass is 35.5. The topological polar surface area (TPSA) is 0 Å². The van der Waals surface area contributed by atoms with Crippen molar-refractivity contribution in [1.82, 2.24) is 0 Å². The fourth-order valence-corrected chi connectivity index (χ4v) is 1.53. The minimum atomic E-state index is -0.407. The largest absolute Gasteiger partial charge is 0.210 e. The van der Waals surface area contributed by atoms with E-state index in [1.165, 1.54) is 0 Å². The van der Waals surface area contributed by atoms with Crippen LogP contribution in [-0.4, -0.2) is 5.38 Å². The number of alkyl halides is 1. The summed E-state index contributed by atoms with van der Waals surface area (Å²) in [6.45, 7) is 2.09. The third-order valence-corrected chi connectivity index (χ3v) is 2.41. The van der Waals surface area contributed by atoms with E-state index < -0.39 is 5.38 Å². The van der Waals surface area contributed by atoms with E-state index in [4.69, 9.17) is 11.6 Å². The van der Waals surface area contributed by atoms with E-state index in [9.17, 15) is 4.39 Å². The molecule has 0 heterocycles. The van der Waals surface area contributed by atoms with Crippen LogP contribution in [0.15, 0.2) is 23.6 Å². The van der Waals surface area contributed by atoms with Crippen molar-refractivity contribution < 1.29 is 4.39 Å². The Labute approximate surface area is 78.1 Å². The van der Waals surface area contributed by atoms with Crippen LogP contribution in [0.25, 0.3) is 0 Å². The molecule has 1 unspecified atom stereocenters. The van der Waals surface area contributed by atoms with Gasteiger partial charge in [0.1, 0.15) is 5.83 Å². The van der Waals surface area contributed by atoms with Crippen molar-refractivity contribution in [2.45, 2.75) is 38.0 Å². The molecule has 0 saturated carbocycles. The Morgan fingerprint density at radius 3 is 3.08 bits per heavy atom. The molecule has 0 radical (unpaired) electrons. The van der Waals surface area contributed by atoms with Gasteiger partial charge in [0.2, 0.25) is 0 Å². The first-order valence-electron chi connectivity index (χ1n) is 4.44. The second-order valence-electron chi connectivity index (χ2n) is 3.10. The number of hydrogen-bond donors (Lipinski definition) is 0. The van der Waals surface area contributed by atoms with Crippen LogP contribution in [0.1, 0.15) is 32.6 Å². The lowest BCUT2D eigenvalue weighted by Gasteiger charge is -2.01. The average molecular weight is 189 g/mol. The van der Waals surface area contributed by atoms with E-state index in [1.807, 2.05) is 0 Å². The molecule has 0 aromatic carbocycles. The Morgan fingerprint density at radius 2 is 2.42 bits per heavy atom. The van der Waals surface area contributed by atoms with Crippen molar-refractivity contribution >= 4 is 11.6 Å². The first-order valence-corrected chi connectivity index (χ1v) is 4.88. The van der Waals surface area contributed by atoms with Gasteiger partial charge in [-0.3, -0.25) is 0 Å². The van der Waals surface area contributed by atoms with Crippen molar-refractivity contribution in [3.8, 4) is 0 Å². The molecular formula is C10H14ClF. The summed E-state index contributed by atoms with van der Waals surface area (Å²) in [6, 6.07) is 0. The summed E-state index contributed by atoms with van der Waals surface area (Å²) in [5.41, 5.74) is 1.10. The van der Waals surface area contributed by atoms with Gasteiger partial charge in [-0.1, -0.05) is 19.4 Å². The van der Waals surface area contributed by atoms with Gasteiger partial charge in [0.05, 0.1) is 5.38 Å². The van der Waals surface area contributed by atoms with Gasteiger partial charge in [0, 0.05) is 0 Å². The maximum absolute atomic E-state index is 13.1. The van der Waals surface area contributed by atoms with Crippen molar-refractivity contribution in [3.63, 3.8) is 0 Å². The highest BCUT2D eigenvalue weighted by Crippen LogP contribution is 2.24. The summed E-state index contributed by atoms with van der Waals surface area (Å²) in [4.78, 5) is 0. The van der Waals surface area contributed by atoms with Crippen LogP contribution < -0.4 is 0 Å². The first kappa shape index (κ1) is 9.79. The standard InChI is InChI=1S/C10H14ClF/c1-2-4-8-5-3-6-9(11)10(12)7-8/h5,7,9H,2-4,6H2,1H3. The van der Waals surface area contributed by atoms with E-state index in [0.29, 0.717) is 0 Å². The normalized spacial score (nSPS) is 24.4. The molecule has 0 bridgehead atoms. The van der Waals surface area contributed by atoms with E-state index in [1.54, 1.807) is 6.08 Å². The van der Waals surface area contributed by atoms with Gasteiger partial charge in [0.15, 0.2) is 0 Å². The molecule has 12 heavy (non-hydrogen) atoms. The molecule has 1 atom stereocenters. The molecular weight excluding hydrogens is 175 g/mol. The molecule has 2 heteroatoms. The van der Waals surface area contributed by atoms with E-state index >= 15 is 0 Å². The average Bonchev–Trinajstić information content (AvgIpc) is 2.16. The molecule has 0 N–H and O–H groups in total. The molecule has 1 rings (SSSR count). The molecule has 68 valence electrons. The fourth-order valence-electron chi connectivity index (χ4n) is 1.34. The molecule has 0 saturated heterocycles. The van der Waals surface area contributed by atoms with Crippen LogP contribution in [0.5, 0.6) is 0 Å². The van der Waals surface area contributed by atoms with Gasteiger partial charge >= 0.3 is 0 Å². The Balaban J connectivity index is 2.66. The number of allylic oxidation sites excluding steroid dienone is 4. The predicted octanol–water partition coefficient (Wildman–Crippen LogP) is 3.97. The summed E-state index contributed by atoms with van der Waals surface area (Å²) < 4.78 is 13.1. The molecule has 0 fully saturated rings. The summed E-state index contributed by atoms with van der Waals surface area (Å²) in [5.74, 6) is -0.172.